The molecule has 5 rings (SSSR count). The third kappa shape index (κ3) is 4.73. The highest BCUT2D eigenvalue weighted by atomic mass is 79.9. The average Bonchev–Trinajstić information content (AvgIpc) is 3.16. The Hall–Kier alpha value is -3.65. The Morgan fingerprint density at radius 3 is 2.49 bits per heavy atom. The SMILES string of the molecule is CCCOc1ccc(C2c3c(oc4ccc(Br)cc4c3=O)C(=O)N2Cc2ccc(F)cc2)cc1OCC. The van der Waals surface area contributed by atoms with Gasteiger partial charge in [0.2, 0.25) is 5.76 Å². The summed E-state index contributed by atoms with van der Waals surface area (Å²) in [6.07, 6.45) is 0.840. The highest BCUT2D eigenvalue weighted by Gasteiger charge is 2.43. The Balaban J connectivity index is 1.69. The van der Waals surface area contributed by atoms with Crippen LogP contribution in [0.15, 0.2) is 74.3 Å². The van der Waals surface area contributed by atoms with Crippen LogP contribution in [-0.2, 0) is 6.54 Å². The predicted molar refractivity (Wildman–Crippen MR) is 142 cm³/mol. The van der Waals surface area contributed by atoms with Gasteiger partial charge in [0.25, 0.3) is 5.91 Å². The Labute approximate surface area is 221 Å². The standard InChI is InChI=1S/C29H25BrFNO5/c1-3-13-36-23-11-7-18(14-24(23)35-4-2)26-25-27(33)21-15-19(30)8-12-22(21)37-28(25)29(34)32(26)16-17-5-9-20(31)10-6-17/h5-12,14-15,26H,3-4,13,16H2,1-2H3. The van der Waals surface area contributed by atoms with Crippen LogP contribution in [0.2, 0.25) is 0 Å². The van der Waals surface area contributed by atoms with E-state index in [0.29, 0.717) is 41.2 Å². The van der Waals surface area contributed by atoms with Crippen molar-refractivity contribution in [3.8, 4) is 11.5 Å². The summed E-state index contributed by atoms with van der Waals surface area (Å²) in [5.74, 6) is 0.362. The molecule has 0 N–H and O–H groups in total. The zero-order chi connectivity index (χ0) is 26.1. The molecule has 8 heteroatoms. The van der Waals surface area contributed by atoms with Crippen molar-refractivity contribution in [2.75, 3.05) is 13.2 Å². The monoisotopic (exact) mass is 565 g/mol. The van der Waals surface area contributed by atoms with Crippen LogP contribution in [-0.4, -0.2) is 24.0 Å². The van der Waals surface area contributed by atoms with Crippen LogP contribution in [0.25, 0.3) is 11.0 Å². The van der Waals surface area contributed by atoms with Crippen LogP contribution in [0.1, 0.15) is 53.6 Å². The molecule has 0 saturated heterocycles. The fourth-order valence-electron chi connectivity index (χ4n) is 4.58. The number of carbonyl (C=O) groups excluding carboxylic acids is 1. The van der Waals surface area contributed by atoms with Crippen molar-refractivity contribution in [2.24, 2.45) is 0 Å². The highest BCUT2D eigenvalue weighted by Crippen LogP contribution is 2.42. The third-order valence-corrected chi connectivity index (χ3v) is 6.73. The minimum Gasteiger partial charge on any atom is -0.490 e. The molecule has 0 bridgehead atoms. The lowest BCUT2D eigenvalue weighted by atomic mass is 9.97. The summed E-state index contributed by atoms with van der Waals surface area (Å²) in [4.78, 5) is 29.1. The molecule has 37 heavy (non-hydrogen) atoms. The van der Waals surface area contributed by atoms with E-state index in [1.165, 1.54) is 12.1 Å². The summed E-state index contributed by atoms with van der Waals surface area (Å²) in [5, 5.41) is 0.377. The Morgan fingerprint density at radius 1 is 0.973 bits per heavy atom. The largest absolute Gasteiger partial charge is 0.490 e. The van der Waals surface area contributed by atoms with Crippen molar-refractivity contribution >= 4 is 32.8 Å². The van der Waals surface area contributed by atoms with E-state index in [-0.39, 0.29) is 29.1 Å². The van der Waals surface area contributed by atoms with Crippen LogP contribution in [0, 0.1) is 5.82 Å². The fourth-order valence-corrected chi connectivity index (χ4v) is 4.94. The van der Waals surface area contributed by atoms with Gasteiger partial charge in [0.05, 0.1) is 30.2 Å². The van der Waals surface area contributed by atoms with Crippen molar-refractivity contribution in [1.82, 2.24) is 4.90 Å². The summed E-state index contributed by atoms with van der Waals surface area (Å²) in [6.45, 7) is 5.01. The van der Waals surface area contributed by atoms with Crippen molar-refractivity contribution in [2.45, 2.75) is 32.9 Å². The van der Waals surface area contributed by atoms with Crippen molar-refractivity contribution in [3.63, 3.8) is 0 Å². The topological polar surface area (TPSA) is 69.0 Å². The van der Waals surface area contributed by atoms with Gasteiger partial charge in [-0.3, -0.25) is 9.59 Å². The summed E-state index contributed by atoms with van der Waals surface area (Å²) in [5.41, 5.74) is 1.73. The normalized spacial score (nSPS) is 14.8. The van der Waals surface area contributed by atoms with Crippen molar-refractivity contribution in [3.05, 3.63) is 104 Å². The second kappa shape index (κ2) is 10.4. The lowest BCUT2D eigenvalue weighted by Crippen LogP contribution is -2.29. The first kappa shape index (κ1) is 25.0. The molecule has 0 spiro atoms. The molecule has 6 nitrogen and oxygen atoms in total. The van der Waals surface area contributed by atoms with Crippen molar-refractivity contribution < 1.29 is 23.1 Å². The molecule has 1 aliphatic rings. The zero-order valence-electron chi connectivity index (χ0n) is 20.4. The van der Waals surface area contributed by atoms with E-state index in [9.17, 15) is 14.0 Å². The quantitative estimate of drug-likeness (QED) is 0.240. The average molecular weight is 566 g/mol. The van der Waals surface area contributed by atoms with E-state index in [0.717, 1.165) is 16.5 Å². The number of carbonyl (C=O) groups is 1. The summed E-state index contributed by atoms with van der Waals surface area (Å²) < 4.78 is 32.0. The lowest BCUT2D eigenvalue weighted by Gasteiger charge is -2.26. The molecule has 1 aromatic heterocycles. The third-order valence-electron chi connectivity index (χ3n) is 6.24. The first-order valence-electron chi connectivity index (χ1n) is 12.1. The fraction of sp³-hybridized carbons (Fsp3) is 0.241. The number of benzene rings is 3. The van der Waals surface area contributed by atoms with E-state index in [1.54, 1.807) is 41.3 Å². The predicted octanol–water partition coefficient (Wildman–Crippen LogP) is 6.63. The summed E-state index contributed by atoms with van der Waals surface area (Å²) >= 11 is 3.42. The van der Waals surface area contributed by atoms with E-state index in [1.807, 2.05) is 26.0 Å². The smallest absolute Gasteiger partial charge is 0.291 e. The van der Waals surface area contributed by atoms with Crippen LogP contribution in [0.4, 0.5) is 4.39 Å². The molecule has 0 fully saturated rings. The maximum absolute atomic E-state index is 13.8. The minimum absolute atomic E-state index is 0.0104. The van der Waals surface area contributed by atoms with Crippen LogP contribution in [0.5, 0.6) is 11.5 Å². The number of ether oxygens (including phenoxy) is 2. The van der Waals surface area contributed by atoms with Gasteiger partial charge < -0.3 is 18.8 Å². The van der Waals surface area contributed by atoms with Crippen LogP contribution >= 0.6 is 15.9 Å². The van der Waals surface area contributed by atoms with E-state index >= 15 is 0 Å². The van der Waals surface area contributed by atoms with E-state index < -0.39 is 11.9 Å². The molecule has 0 radical (unpaired) electrons. The molecule has 1 unspecified atom stereocenters. The highest BCUT2D eigenvalue weighted by molar-refractivity contribution is 9.10. The van der Waals surface area contributed by atoms with Gasteiger partial charge in [0, 0.05) is 11.0 Å². The molecule has 1 amide bonds. The molecule has 4 aromatic rings. The van der Waals surface area contributed by atoms with Crippen LogP contribution < -0.4 is 14.9 Å². The molecular formula is C29H25BrFNO5. The van der Waals surface area contributed by atoms with Gasteiger partial charge >= 0.3 is 0 Å². The first-order chi connectivity index (χ1) is 17.9. The molecule has 2 heterocycles. The Bertz CT molecular complexity index is 1530. The molecule has 1 atom stereocenters. The van der Waals surface area contributed by atoms with Gasteiger partial charge in [0.1, 0.15) is 11.4 Å². The number of halogens is 2. The molecule has 0 saturated carbocycles. The van der Waals surface area contributed by atoms with Gasteiger partial charge in [-0.15, -0.1) is 0 Å². The van der Waals surface area contributed by atoms with Gasteiger partial charge in [-0.25, -0.2) is 4.39 Å². The molecular weight excluding hydrogens is 541 g/mol. The number of rotatable bonds is 8. The number of fused-ring (bicyclic) bond motifs is 2. The van der Waals surface area contributed by atoms with E-state index in [4.69, 9.17) is 13.9 Å². The maximum Gasteiger partial charge on any atom is 0.291 e. The Morgan fingerprint density at radius 2 is 1.76 bits per heavy atom. The molecule has 3 aromatic carbocycles. The number of nitrogens with zero attached hydrogens (tertiary/aromatic N) is 1. The first-order valence-corrected chi connectivity index (χ1v) is 12.9. The number of hydrogen-bond donors (Lipinski definition) is 0. The molecule has 0 aliphatic carbocycles. The zero-order valence-corrected chi connectivity index (χ0v) is 22.0. The van der Waals surface area contributed by atoms with Gasteiger partial charge in [-0.1, -0.05) is 41.1 Å². The van der Waals surface area contributed by atoms with Gasteiger partial charge in [-0.2, -0.15) is 0 Å². The Kier molecular flexibility index (Phi) is 7.02. The minimum atomic E-state index is -0.730. The molecule has 1 aliphatic heterocycles. The van der Waals surface area contributed by atoms with Crippen molar-refractivity contribution in [1.29, 1.82) is 0 Å². The van der Waals surface area contributed by atoms with Crippen LogP contribution in [0.3, 0.4) is 0 Å². The number of amides is 1. The van der Waals surface area contributed by atoms with Gasteiger partial charge in [0.15, 0.2) is 16.9 Å². The maximum atomic E-state index is 13.8. The summed E-state index contributed by atoms with van der Waals surface area (Å²) in [7, 11) is 0. The van der Waals surface area contributed by atoms with E-state index in [2.05, 4.69) is 15.9 Å². The van der Waals surface area contributed by atoms with Gasteiger partial charge in [-0.05, 0) is 66.9 Å². The second-order valence-corrected chi connectivity index (χ2v) is 9.68. The summed E-state index contributed by atoms with van der Waals surface area (Å²) in [6, 6.07) is 15.8. The lowest BCUT2D eigenvalue weighted by molar-refractivity contribution is 0.0714. The second-order valence-electron chi connectivity index (χ2n) is 8.76. The molecule has 190 valence electrons. The number of hydrogen-bond acceptors (Lipinski definition) is 5.